The van der Waals surface area contributed by atoms with Gasteiger partial charge in [0.05, 0.1) is 25.7 Å². The van der Waals surface area contributed by atoms with Crippen molar-refractivity contribution in [1.29, 1.82) is 0 Å². The zero-order chi connectivity index (χ0) is 15.4. The summed E-state index contributed by atoms with van der Waals surface area (Å²) in [6, 6.07) is 8.17. The zero-order valence-electron chi connectivity index (χ0n) is 12.2. The Morgan fingerprint density at radius 2 is 2.32 bits per heavy atom. The molecule has 0 fully saturated rings. The molecule has 22 heavy (non-hydrogen) atoms. The van der Waals surface area contributed by atoms with E-state index in [1.54, 1.807) is 11.8 Å². The van der Waals surface area contributed by atoms with Gasteiger partial charge in [-0.1, -0.05) is 47.4 Å². The van der Waals surface area contributed by atoms with Crippen LogP contribution < -0.4 is 5.32 Å². The van der Waals surface area contributed by atoms with Crippen LogP contribution in [0.25, 0.3) is 0 Å². The van der Waals surface area contributed by atoms with Crippen LogP contribution in [-0.2, 0) is 22.5 Å². The summed E-state index contributed by atoms with van der Waals surface area (Å²) in [5, 5.41) is 11.8. The van der Waals surface area contributed by atoms with E-state index in [9.17, 15) is 4.79 Å². The van der Waals surface area contributed by atoms with E-state index in [2.05, 4.69) is 21.6 Å². The number of aromatic nitrogens is 2. The molecule has 7 heteroatoms. The number of thioether (sulfide) groups is 1. The molecule has 1 aliphatic heterocycles. The van der Waals surface area contributed by atoms with Gasteiger partial charge in [0.2, 0.25) is 5.91 Å². The van der Waals surface area contributed by atoms with Gasteiger partial charge in [0.15, 0.2) is 4.34 Å². The number of nitrogens with zero attached hydrogens (tertiary/aromatic N) is 2. The number of carbonyl (C=O) groups excluding carboxylic acids is 1. The van der Waals surface area contributed by atoms with Gasteiger partial charge in [-0.2, -0.15) is 0 Å². The zero-order valence-corrected chi connectivity index (χ0v) is 13.9. The van der Waals surface area contributed by atoms with Crippen molar-refractivity contribution >= 4 is 29.0 Å². The van der Waals surface area contributed by atoms with Crippen molar-refractivity contribution in [2.24, 2.45) is 0 Å². The van der Waals surface area contributed by atoms with Crippen LogP contribution in [0.15, 0.2) is 28.6 Å². The molecule has 1 aliphatic rings. The topological polar surface area (TPSA) is 64.1 Å². The lowest BCUT2D eigenvalue weighted by Gasteiger charge is -2.25. The lowest BCUT2D eigenvalue weighted by molar-refractivity contribution is -0.124. The number of hydrogen-bond acceptors (Lipinski definition) is 6. The minimum absolute atomic E-state index is 0.0254. The normalized spacial score (nSPS) is 17.0. The van der Waals surface area contributed by atoms with E-state index in [0.717, 1.165) is 21.3 Å². The molecule has 116 valence electrons. The van der Waals surface area contributed by atoms with Crippen LogP contribution in [0.5, 0.6) is 0 Å². The summed E-state index contributed by atoms with van der Waals surface area (Å²) in [6.45, 7) is 1.09. The summed E-state index contributed by atoms with van der Waals surface area (Å²) in [4.78, 5) is 12.1. The third-order valence-electron chi connectivity index (χ3n) is 3.52. The van der Waals surface area contributed by atoms with Crippen molar-refractivity contribution in [2.75, 3.05) is 12.9 Å². The summed E-state index contributed by atoms with van der Waals surface area (Å²) < 4.78 is 6.67. The number of rotatable bonds is 5. The fourth-order valence-electron chi connectivity index (χ4n) is 2.45. The number of ether oxygens (including phenoxy) is 1. The third kappa shape index (κ3) is 3.66. The highest BCUT2D eigenvalue weighted by Crippen LogP contribution is 2.29. The van der Waals surface area contributed by atoms with E-state index in [4.69, 9.17) is 4.74 Å². The molecule has 2 aromatic rings. The van der Waals surface area contributed by atoms with Crippen LogP contribution in [0.1, 0.15) is 28.7 Å². The Morgan fingerprint density at radius 3 is 3.14 bits per heavy atom. The second-order valence-corrected chi connectivity index (χ2v) is 7.07. The molecule has 1 aromatic heterocycles. The van der Waals surface area contributed by atoms with Crippen LogP contribution in [-0.4, -0.2) is 29.0 Å². The first-order valence-corrected chi connectivity index (χ1v) is 9.13. The molecule has 1 N–H and O–H groups in total. The highest BCUT2D eigenvalue weighted by atomic mass is 32.2. The average Bonchev–Trinajstić information content (AvgIpc) is 3.01. The standard InChI is InChI=1S/C15H17N3O2S2/c1-21-15-18-17-14(22-15)9-16-13(19)8-12-11-5-3-2-4-10(11)6-7-20-12/h2-5,12H,6-9H2,1H3,(H,16,19)/t12-/m0/s1. The monoisotopic (exact) mass is 335 g/mol. The Morgan fingerprint density at radius 1 is 1.45 bits per heavy atom. The second-order valence-electron chi connectivity index (χ2n) is 4.95. The van der Waals surface area contributed by atoms with E-state index < -0.39 is 0 Å². The molecule has 1 aromatic carbocycles. The maximum atomic E-state index is 12.1. The Labute approximate surface area is 137 Å². The first kappa shape index (κ1) is 15.5. The predicted octanol–water partition coefficient (Wildman–Crippen LogP) is 2.58. The molecule has 1 atom stereocenters. The van der Waals surface area contributed by atoms with E-state index in [1.165, 1.54) is 16.9 Å². The lowest BCUT2D eigenvalue weighted by Crippen LogP contribution is -2.27. The highest BCUT2D eigenvalue weighted by Gasteiger charge is 2.23. The van der Waals surface area contributed by atoms with Gasteiger partial charge in [-0.05, 0) is 23.8 Å². The number of nitrogens with one attached hydrogen (secondary N) is 1. The van der Waals surface area contributed by atoms with Crippen LogP contribution in [0.2, 0.25) is 0 Å². The second kappa shape index (κ2) is 7.21. The molecule has 0 spiro atoms. The molecule has 3 rings (SSSR count). The summed E-state index contributed by atoms with van der Waals surface area (Å²) in [5.74, 6) is -0.0254. The summed E-state index contributed by atoms with van der Waals surface area (Å²) in [5.41, 5.74) is 2.41. The minimum Gasteiger partial charge on any atom is -0.373 e. The van der Waals surface area contributed by atoms with Crippen molar-refractivity contribution < 1.29 is 9.53 Å². The summed E-state index contributed by atoms with van der Waals surface area (Å²) in [6.07, 6.45) is 3.06. The molecule has 0 radical (unpaired) electrons. The van der Waals surface area contributed by atoms with Gasteiger partial charge < -0.3 is 10.1 Å². The van der Waals surface area contributed by atoms with Crippen molar-refractivity contribution in [1.82, 2.24) is 15.5 Å². The van der Waals surface area contributed by atoms with Gasteiger partial charge in [0, 0.05) is 0 Å². The van der Waals surface area contributed by atoms with Gasteiger partial charge in [0.1, 0.15) is 5.01 Å². The van der Waals surface area contributed by atoms with Crippen molar-refractivity contribution in [3.63, 3.8) is 0 Å². The first-order valence-electron chi connectivity index (χ1n) is 7.08. The van der Waals surface area contributed by atoms with Gasteiger partial charge in [0.25, 0.3) is 0 Å². The van der Waals surface area contributed by atoms with Crippen LogP contribution >= 0.6 is 23.1 Å². The summed E-state index contributed by atoms with van der Waals surface area (Å²) >= 11 is 3.06. The molecule has 2 heterocycles. The molecule has 0 aliphatic carbocycles. The van der Waals surface area contributed by atoms with E-state index in [-0.39, 0.29) is 12.0 Å². The largest absolute Gasteiger partial charge is 0.373 e. The highest BCUT2D eigenvalue weighted by molar-refractivity contribution is 8.00. The third-order valence-corrected chi connectivity index (χ3v) is 5.42. The van der Waals surface area contributed by atoms with E-state index in [0.29, 0.717) is 19.6 Å². The Balaban J connectivity index is 1.56. The fraction of sp³-hybridized carbons (Fsp3) is 0.400. The quantitative estimate of drug-likeness (QED) is 0.851. The van der Waals surface area contributed by atoms with Crippen LogP contribution in [0.3, 0.4) is 0 Å². The number of hydrogen-bond donors (Lipinski definition) is 1. The van der Waals surface area contributed by atoms with Gasteiger partial charge >= 0.3 is 0 Å². The van der Waals surface area contributed by atoms with Gasteiger partial charge in [-0.15, -0.1) is 10.2 Å². The number of benzene rings is 1. The molecule has 5 nitrogen and oxygen atoms in total. The molecular formula is C15H17N3O2S2. The fourth-order valence-corrected chi connectivity index (χ4v) is 3.71. The molecule has 0 saturated carbocycles. The Hall–Kier alpha value is -1.44. The molecule has 0 saturated heterocycles. The van der Waals surface area contributed by atoms with Crippen molar-refractivity contribution in [3.05, 3.63) is 40.4 Å². The molecule has 0 unspecified atom stereocenters. The van der Waals surface area contributed by atoms with Crippen molar-refractivity contribution in [3.8, 4) is 0 Å². The number of carbonyl (C=O) groups is 1. The average molecular weight is 335 g/mol. The smallest absolute Gasteiger partial charge is 0.223 e. The first-order chi connectivity index (χ1) is 10.8. The Kier molecular flexibility index (Phi) is 5.07. The van der Waals surface area contributed by atoms with E-state index in [1.807, 2.05) is 24.5 Å². The maximum absolute atomic E-state index is 12.1. The van der Waals surface area contributed by atoms with Gasteiger partial charge in [-0.25, -0.2) is 0 Å². The SMILES string of the molecule is CSc1nnc(CNC(=O)C[C@@H]2OCCc3ccccc32)s1. The van der Waals surface area contributed by atoms with Crippen molar-refractivity contribution in [2.45, 2.75) is 29.8 Å². The predicted molar refractivity (Wildman–Crippen MR) is 87.0 cm³/mol. The number of fused-ring (bicyclic) bond motifs is 1. The molecule has 0 bridgehead atoms. The maximum Gasteiger partial charge on any atom is 0.223 e. The Bertz CT molecular complexity index is 660. The minimum atomic E-state index is -0.152. The van der Waals surface area contributed by atoms with Crippen LogP contribution in [0.4, 0.5) is 0 Å². The molecular weight excluding hydrogens is 318 g/mol. The number of amides is 1. The van der Waals surface area contributed by atoms with E-state index >= 15 is 0 Å². The lowest BCUT2D eigenvalue weighted by atomic mass is 9.96. The summed E-state index contributed by atoms with van der Waals surface area (Å²) in [7, 11) is 0. The van der Waals surface area contributed by atoms with Crippen LogP contribution in [0, 0.1) is 0 Å². The molecule has 1 amide bonds. The van der Waals surface area contributed by atoms with Gasteiger partial charge in [-0.3, -0.25) is 4.79 Å².